The van der Waals surface area contributed by atoms with Crippen LogP contribution in [0.5, 0.6) is 0 Å². The fourth-order valence-corrected chi connectivity index (χ4v) is 2.92. The maximum Gasteiger partial charge on any atom is 0.401 e. The van der Waals surface area contributed by atoms with Gasteiger partial charge in [0.15, 0.2) is 0 Å². The Balaban J connectivity index is 1.62. The van der Waals surface area contributed by atoms with Crippen molar-refractivity contribution in [1.82, 2.24) is 10.2 Å². The van der Waals surface area contributed by atoms with Crippen LogP contribution in [0.15, 0.2) is 12.2 Å². The molecule has 0 bridgehead atoms. The fourth-order valence-electron chi connectivity index (χ4n) is 2.92. The van der Waals surface area contributed by atoms with E-state index in [1.165, 1.54) is 11.3 Å². The SMILES string of the molecule is FC(F)(F)CN1CCC(NCC2CC=CCC2)CC1. The Kier molecular flexibility index (Phi) is 5.28. The van der Waals surface area contributed by atoms with E-state index < -0.39 is 12.7 Å². The second kappa shape index (κ2) is 6.75. The van der Waals surface area contributed by atoms with Gasteiger partial charge in [-0.05, 0) is 57.7 Å². The summed E-state index contributed by atoms with van der Waals surface area (Å²) in [5.41, 5.74) is 0. The van der Waals surface area contributed by atoms with Gasteiger partial charge in [-0.25, -0.2) is 0 Å². The number of halogens is 3. The summed E-state index contributed by atoms with van der Waals surface area (Å²) in [6, 6.07) is 0.399. The Morgan fingerprint density at radius 2 is 1.84 bits per heavy atom. The van der Waals surface area contributed by atoms with E-state index >= 15 is 0 Å². The first-order valence-corrected chi connectivity index (χ1v) is 7.20. The molecule has 0 radical (unpaired) electrons. The lowest BCUT2D eigenvalue weighted by molar-refractivity contribution is -0.148. The Morgan fingerprint density at radius 3 is 2.42 bits per heavy atom. The fraction of sp³-hybridized carbons (Fsp3) is 0.857. The van der Waals surface area contributed by atoms with Crippen molar-refractivity contribution in [2.45, 2.75) is 44.3 Å². The zero-order valence-corrected chi connectivity index (χ0v) is 11.3. The van der Waals surface area contributed by atoms with Gasteiger partial charge in [-0.2, -0.15) is 13.2 Å². The molecule has 1 atom stereocenters. The van der Waals surface area contributed by atoms with Crippen LogP contribution in [0.2, 0.25) is 0 Å². The standard InChI is InChI=1S/C14H23F3N2/c15-14(16,17)11-19-8-6-13(7-9-19)18-10-12-4-2-1-3-5-12/h1-2,12-13,18H,3-11H2. The lowest BCUT2D eigenvalue weighted by Gasteiger charge is -2.33. The van der Waals surface area contributed by atoms with Crippen LogP contribution >= 0.6 is 0 Å². The minimum absolute atomic E-state index is 0.399. The highest BCUT2D eigenvalue weighted by atomic mass is 19.4. The first-order valence-electron chi connectivity index (χ1n) is 7.20. The molecule has 2 aliphatic rings. The maximum atomic E-state index is 12.3. The number of rotatable bonds is 4. The molecule has 2 rings (SSSR count). The molecule has 1 N–H and O–H groups in total. The number of hydrogen-bond acceptors (Lipinski definition) is 2. The van der Waals surface area contributed by atoms with Gasteiger partial charge in [-0.1, -0.05) is 12.2 Å². The van der Waals surface area contributed by atoms with Gasteiger partial charge in [0.2, 0.25) is 0 Å². The van der Waals surface area contributed by atoms with Gasteiger partial charge in [-0.15, -0.1) is 0 Å². The Labute approximate surface area is 113 Å². The van der Waals surface area contributed by atoms with Crippen LogP contribution in [0.4, 0.5) is 13.2 Å². The normalized spacial score (nSPS) is 26.8. The Hall–Kier alpha value is -0.550. The molecule has 1 aliphatic carbocycles. The molecule has 1 saturated heterocycles. The van der Waals surface area contributed by atoms with Gasteiger partial charge in [0.25, 0.3) is 0 Å². The highest BCUT2D eigenvalue weighted by Crippen LogP contribution is 2.21. The lowest BCUT2D eigenvalue weighted by Crippen LogP contribution is -2.46. The highest BCUT2D eigenvalue weighted by Gasteiger charge is 2.32. The first kappa shape index (κ1) is 14.9. The van der Waals surface area contributed by atoms with E-state index in [2.05, 4.69) is 17.5 Å². The number of piperidine rings is 1. The van der Waals surface area contributed by atoms with E-state index in [9.17, 15) is 13.2 Å². The molecule has 0 amide bonds. The minimum Gasteiger partial charge on any atom is -0.314 e. The van der Waals surface area contributed by atoms with Gasteiger partial charge in [0, 0.05) is 6.04 Å². The summed E-state index contributed by atoms with van der Waals surface area (Å²) >= 11 is 0. The average Bonchev–Trinajstić information content (AvgIpc) is 2.37. The molecule has 0 saturated carbocycles. The third-order valence-electron chi connectivity index (χ3n) is 4.06. The average molecular weight is 276 g/mol. The Bertz CT molecular complexity index is 294. The molecule has 110 valence electrons. The number of hydrogen-bond donors (Lipinski definition) is 1. The molecule has 0 spiro atoms. The number of nitrogens with one attached hydrogen (secondary N) is 1. The van der Waals surface area contributed by atoms with Crippen molar-refractivity contribution < 1.29 is 13.2 Å². The summed E-state index contributed by atoms with van der Waals surface area (Å²) in [5.74, 6) is 0.707. The van der Waals surface area contributed by atoms with Crippen LogP contribution in [0, 0.1) is 5.92 Å². The molecule has 1 aliphatic heterocycles. The van der Waals surface area contributed by atoms with Crippen molar-refractivity contribution in [3.63, 3.8) is 0 Å². The van der Waals surface area contributed by atoms with Crippen LogP contribution in [0.3, 0.4) is 0 Å². The van der Waals surface area contributed by atoms with Crippen LogP contribution < -0.4 is 5.32 Å². The van der Waals surface area contributed by atoms with Crippen LogP contribution in [0.1, 0.15) is 32.1 Å². The van der Waals surface area contributed by atoms with E-state index in [-0.39, 0.29) is 0 Å². The molecule has 1 fully saturated rings. The monoisotopic (exact) mass is 276 g/mol. The van der Waals surface area contributed by atoms with Gasteiger partial charge in [-0.3, -0.25) is 4.90 Å². The van der Waals surface area contributed by atoms with E-state index in [0.717, 1.165) is 32.2 Å². The van der Waals surface area contributed by atoms with E-state index in [0.29, 0.717) is 25.0 Å². The highest BCUT2D eigenvalue weighted by molar-refractivity contribution is 4.91. The zero-order valence-electron chi connectivity index (χ0n) is 11.3. The first-order chi connectivity index (χ1) is 9.03. The number of alkyl halides is 3. The van der Waals surface area contributed by atoms with Crippen molar-refractivity contribution in [3.8, 4) is 0 Å². The zero-order chi connectivity index (χ0) is 13.7. The molecular weight excluding hydrogens is 253 g/mol. The topological polar surface area (TPSA) is 15.3 Å². The summed E-state index contributed by atoms with van der Waals surface area (Å²) in [4.78, 5) is 1.52. The largest absolute Gasteiger partial charge is 0.401 e. The van der Waals surface area contributed by atoms with Crippen LogP contribution in [0.25, 0.3) is 0 Å². The number of nitrogens with zero attached hydrogens (tertiary/aromatic N) is 1. The third kappa shape index (κ3) is 5.53. The quantitative estimate of drug-likeness (QED) is 0.794. The van der Waals surface area contributed by atoms with Crippen molar-refractivity contribution in [3.05, 3.63) is 12.2 Å². The van der Waals surface area contributed by atoms with Crippen LogP contribution in [-0.4, -0.2) is 43.3 Å². The number of allylic oxidation sites excluding steroid dienone is 2. The van der Waals surface area contributed by atoms with E-state index in [4.69, 9.17) is 0 Å². The molecule has 5 heteroatoms. The summed E-state index contributed by atoms with van der Waals surface area (Å²) in [6.07, 6.45) is 5.60. The summed E-state index contributed by atoms with van der Waals surface area (Å²) in [7, 11) is 0. The molecular formula is C14H23F3N2. The third-order valence-corrected chi connectivity index (χ3v) is 4.06. The molecule has 2 nitrogen and oxygen atoms in total. The molecule has 19 heavy (non-hydrogen) atoms. The van der Waals surface area contributed by atoms with Crippen molar-refractivity contribution >= 4 is 0 Å². The van der Waals surface area contributed by atoms with Gasteiger partial charge in [0.1, 0.15) is 0 Å². The summed E-state index contributed by atoms with van der Waals surface area (Å²) < 4.78 is 36.8. The second-order valence-electron chi connectivity index (χ2n) is 5.72. The van der Waals surface area contributed by atoms with Crippen molar-refractivity contribution in [1.29, 1.82) is 0 Å². The second-order valence-corrected chi connectivity index (χ2v) is 5.72. The number of likely N-dealkylation sites (tertiary alicyclic amines) is 1. The predicted octanol–water partition coefficient (Wildman–Crippen LogP) is 2.96. The van der Waals surface area contributed by atoms with Crippen molar-refractivity contribution in [2.24, 2.45) is 5.92 Å². The Morgan fingerprint density at radius 1 is 1.11 bits per heavy atom. The predicted molar refractivity (Wildman–Crippen MR) is 70.0 cm³/mol. The summed E-state index contributed by atoms with van der Waals surface area (Å²) in [6.45, 7) is 1.37. The van der Waals surface area contributed by atoms with E-state index in [1.54, 1.807) is 0 Å². The molecule has 0 aromatic heterocycles. The molecule has 1 heterocycles. The van der Waals surface area contributed by atoms with Crippen LogP contribution in [-0.2, 0) is 0 Å². The minimum atomic E-state index is -4.06. The van der Waals surface area contributed by atoms with E-state index in [1.807, 2.05) is 0 Å². The lowest BCUT2D eigenvalue weighted by atomic mass is 9.93. The molecule has 0 aromatic rings. The molecule has 1 unspecified atom stereocenters. The van der Waals surface area contributed by atoms with Crippen molar-refractivity contribution in [2.75, 3.05) is 26.2 Å². The maximum absolute atomic E-state index is 12.3. The summed E-state index contributed by atoms with van der Waals surface area (Å²) in [5, 5.41) is 3.53. The van der Waals surface area contributed by atoms with Gasteiger partial charge in [0.05, 0.1) is 6.54 Å². The van der Waals surface area contributed by atoms with Gasteiger partial charge < -0.3 is 5.32 Å². The smallest absolute Gasteiger partial charge is 0.314 e. The van der Waals surface area contributed by atoms with Gasteiger partial charge >= 0.3 is 6.18 Å². The molecule has 0 aromatic carbocycles.